The highest BCUT2D eigenvalue weighted by molar-refractivity contribution is 5.89. The van der Waals surface area contributed by atoms with Crippen molar-refractivity contribution in [3.63, 3.8) is 0 Å². The highest BCUT2D eigenvalue weighted by Gasteiger charge is 2.06. The Labute approximate surface area is 161 Å². The van der Waals surface area contributed by atoms with E-state index < -0.39 is 11.9 Å². The van der Waals surface area contributed by atoms with Crippen LogP contribution in [0.5, 0.6) is 0 Å². The van der Waals surface area contributed by atoms with Crippen LogP contribution in [0.4, 0.5) is 0 Å². The van der Waals surface area contributed by atoms with E-state index in [1.54, 1.807) is 12.7 Å². The number of aromatic nitrogens is 4. The third kappa shape index (κ3) is 6.69. The molecule has 0 radical (unpaired) electrons. The molecular weight excluding hydrogens is 362 g/mol. The molecule has 3 N–H and O–H groups in total. The van der Waals surface area contributed by atoms with Gasteiger partial charge in [-0.2, -0.15) is 5.10 Å². The molecule has 1 aromatic carbocycles. The number of likely N-dealkylation sites (N-methyl/N-ethyl adjacent to an activating group) is 1. The van der Waals surface area contributed by atoms with Crippen molar-refractivity contribution in [2.24, 2.45) is 0 Å². The van der Waals surface area contributed by atoms with Crippen molar-refractivity contribution in [1.29, 1.82) is 0 Å². The Hall–Kier alpha value is -3.46. The number of carbonyl (C=O) groups is 2. The number of aromatic amines is 1. The van der Waals surface area contributed by atoms with Gasteiger partial charge in [-0.3, -0.25) is 0 Å². The van der Waals surface area contributed by atoms with Crippen molar-refractivity contribution in [1.82, 2.24) is 24.6 Å². The zero-order valence-electron chi connectivity index (χ0n) is 15.7. The van der Waals surface area contributed by atoms with E-state index in [-0.39, 0.29) is 0 Å². The van der Waals surface area contributed by atoms with Gasteiger partial charge >= 0.3 is 11.9 Å². The lowest BCUT2D eigenvalue weighted by Crippen LogP contribution is -2.14. The van der Waals surface area contributed by atoms with Gasteiger partial charge in [-0.05, 0) is 43.8 Å². The number of nitrogens with one attached hydrogen (secondary N) is 1. The molecule has 0 amide bonds. The van der Waals surface area contributed by atoms with Gasteiger partial charge < -0.3 is 20.1 Å². The van der Waals surface area contributed by atoms with E-state index in [0.717, 1.165) is 19.5 Å². The number of hydrogen-bond acceptors (Lipinski definition) is 5. The summed E-state index contributed by atoms with van der Waals surface area (Å²) in [6.07, 6.45) is 7.60. The summed E-state index contributed by atoms with van der Waals surface area (Å²) in [4.78, 5) is 28.6. The molecule has 0 aliphatic rings. The Morgan fingerprint density at radius 3 is 2.50 bits per heavy atom. The van der Waals surface area contributed by atoms with Gasteiger partial charge in [0, 0.05) is 35.8 Å². The molecule has 9 nitrogen and oxygen atoms in total. The molecule has 3 aromatic rings. The molecule has 0 unspecified atom stereocenters. The van der Waals surface area contributed by atoms with E-state index in [9.17, 15) is 9.59 Å². The summed E-state index contributed by atoms with van der Waals surface area (Å²) in [5.41, 5.74) is 3.81. The zero-order chi connectivity index (χ0) is 20.5. The second kappa shape index (κ2) is 10.0. The summed E-state index contributed by atoms with van der Waals surface area (Å²) in [5.74, 6) is -2.51. The zero-order valence-corrected chi connectivity index (χ0v) is 15.7. The second-order valence-electron chi connectivity index (χ2n) is 6.35. The van der Waals surface area contributed by atoms with Crippen molar-refractivity contribution in [2.75, 3.05) is 20.6 Å². The molecule has 0 atom stereocenters. The van der Waals surface area contributed by atoms with Crippen LogP contribution in [0, 0.1) is 0 Å². The van der Waals surface area contributed by atoms with E-state index in [1.807, 2.05) is 4.68 Å². The first-order valence-corrected chi connectivity index (χ1v) is 8.55. The van der Waals surface area contributed by atoms with Gasteiger partial charge in [0.25, 0.3) is 0 Å². The van der Waals surface area contributed by atoms with E-state index >= 15 is 0 Å². The van der Waals surface area contributed by atoms with Gasteiger partial charge in [0.05, 0.1) is 6.54 Å². The minimum atomic E-state index is -1.26. The number of benzene rings is 1. The van der Waals surface area contributed by atoms with Crippen LogP contribution >= 0.6 is 0 Å². The molecule has 0 saturated carbocycles. The molecule has 0 aliphatic heterocycles. The monoisotopic (exact) mass is 385 g/mol. The van der Waals surface area contributed by atoms with Gasteiger partial charge in [-0.25, -0.2) is 19.3 Å². The Morgan fingerprint density at radius 1 is 1.21 bits per heavy atom. The smallest absolute Gasteiger partial charge is 0.328 e. The normalized spacial score (nSPS) is 11.0. The topological polar surface area (TPSA) is 124 Å². The number of carboxylic acids is 2. The average Bonchev–Trinajstić information content (AvgIpc) is 3.28. The molecule has 28 heavy (non-hydrogen) atoms. The number of nitrogens with zero attached hydrogens (tertiary/aromatic N) is 4. The Bertz CT molecular complexity index is 929. The summed E-state index contributed by atoms with van der Waals surface area (Å²) in [6.45, 7) is 1.81. The average molecular weight is 385 g/mol. The van der Waals surface area contributed by atoms with E-state index in [1.165, 1.54) is 22.0 Å². The third-order valence-electron chi connectivity index (χ3n) is 3.84. The van der Waals surface area contributed by atoms with E-state index in [0.29, 0.717) is 12.2 Å². The van der Waals surface area contributed by atoms with Crippen LogP contribution in [0.25, 0.3) is 10.9 Å². The quantitative estimate of drug-likeness (QED) is 0.528. The highest BCUT2D eigenvalue weighted by atomic mass is 16.4. The summed E-state index contributed by atoms with van der Waals surface area (Å²) >= 11 is 0. The van der Waals surface area contributed by atoms with Gasteiger partial charge in [-0.1, -0.05) is 6.07 Å². The van der Waals surface area contributed by atoms with Crippen molar-refractivity contribution in [3.05, 3.63) is 60.3 Å². The molecule has 148 valence electrons. The Morgan fingerprint density at radius 2 is 1.93 bits per heavy atom. The minimum Gasteiger partial charge on any atom is -0.478 e. The van der Waals surface area contributed by atoms with Crippen molar-refractivity contribution < 1.29 is 19.8 Å². The maximum Gasteiger partial charge on any atom is 0.328 e. The molecule has 2 aromatic heterocycles. The minimum absolute atomic E-state index is 0.558. The number of aliphatic carboxylic acids is 2. The van der Waals surface area contributed by atoms with Crippen LogP contribution < -0.4 is 0 Å². The molecule has 3 rings (SSSR count). The second-order valence-corrected chi connectivity index (χ2v) is 6.35. The molecule has 2 heterocycles. The maximum absolute atomic E-state index is 9.55. The van der Waals surface area contributed by atoms with Crippen LogP contribution in [0.1, 0.15) is 11.1 Å². The highest BCUT2D eigenvalue weighted by Crippen LogP contribution is 2.21. The molecule has 0 aliphatic carbocycles. The summed E-state index contributed by atoms with van der Waals surface area (Å²) in [7, 11) is 4.20. The molecular formula is C19H23N5O4. The summed E-state index contributed by atoms with van der Waals surface area (Å²) in [6, 6.07) is 6.52. The van der Waals surface area contributed by atoms with Gasteiger partial charge in [0.2, 0.25) is 0 Å². The van der Waals surface area contributed by atoms with Crippen molar-refractivity contribution in [2.45, 2.75) is 13.0 Å². The van der Waals surface area contributed by atoms with Crippen molar-refractivity contribution in [3.8, 4) is 0 Å². The van der Waals surface area contributed by atoms with Gasteiger partial charge in [0.1, 0.15) is 12.7 Å². The fourth-order valence-corrected chi connectivity index (χ4v) is 2.52. The third-order valence-corrected chi connectivity index (χ3v) is 3.84. The summed E-state index contributed by atoms with van der Waals surface area (Å²) < 4.78 is 1.84. The molecule has 0 bridgehead atoms. The van der Waals surface area contributed by atoms with Crippen LogP contribution in [-0.4, -0.2) is 67.4 Å². The number of fused-ring (bicyclic) bond motifs is 1. The lowest BCUT2D eigenvalue weighted by molar-refractivity contribution is -0.134. The van der Waals surface area contributed by atoms with Crippen molar-refractivity contribution >= 4 is 22.8 Å². The fourth-order valence-electron chi connectivity index (χ4n) is 2.52. The molecule has 0 saturated heterocycles. The van der Waals surface area contributed by atoms with E-state index in [2.05, 4.69) is 58.5 Å². The SMILES string of the molecule is CN(C)CCc1c[nH]c2ccc(Cn3cncn3)cc12.O=C(O)/C=C\C(=O)O. The number of carboxylic acid groups (broad SMARTS) is 2. The fraction of sp³-hybridized carbons (Fsp3) is 0.263. The maximum atomic E-state index is 9.55. The van der Waals surface area contributed by atoms with Gasteiger partial charge in [-0.15, -0.1) is 0 Å². The molecule has 9 heteroatoms. The van der Waals surface area contributed by atoms with Crippen LogP contribution in [0.15, 0.2) is 49.2 Å². The predicted octanol–water partition coefficient (Wildman–Crippen LogP) is 1.62. The Balaban J connectivity index is 0.000000300. The van der Waals surface area contributed by atoms with Crippen LogP contribution in [-0.2, 0) is 22.6 Å². The number of H-pyrrole nitrogens is 1. The first-order chi connectivity index (χ1) is 13.3. The van der Waals surface area contributed by atoms with Crippen LogP contribution in [0.2, 0.25) is 0 Å². The first-order valence-electron chi connectivity index (χ1n) is 8.55. The van der Waals surface area contributed by atoms with Crippen LogP contribution in [0.3, 0.4) is 0 Å². The molecule has 0 spiro atoms. The van der Waals surface area contributed by atoms with Gasteiger partial charge in [0.15, 0.2) is 0 Å². The lowest BCUT2D eigenvalue weighted by Gasteiger charge is -2.08. The summed E-state index contributed by atoms with van der Waals surface area (Å²) in [5, 5.41) is 21.1. The largest absolute Gasteiger partial charge is 0.478 e. The lowest BCUT2D eigenvalue weighted by atomic mass is 10.1. The standard InChI is InChI=1S/C15H19N5.C4H4O4/c1-19(2)6-5-13-8-17-15-4-3-12(7-14(13)15)9-20-11-16-10-18-20;5-3(6)1-2-4(7)8/h3-4,7-8,10-11,17H,5-6,9H2,1-2H3;1-2H,(H,5,6)(H,7,8)/b;2-1-. The van der Waals surface area contributed by atoms with E-state index in [4.69, 9.17) is 10.2 Å². The predicted molar refractivity (Wildman–Crippen MR) is 104 cm³/mol. The molecule has 0 fully saturated rings. The Kier molecular flexibility index (Phi) is 7.46. The first kappa shape index (κ1) is 20.8. The number of hydrogen-bond donors (Lipinski definition) is 3. The number of rotatable bonds is 7.